The number of benzene rings is 5. The van der Waals surface area contributed by atoms with Gasteiger partial charge in [-0.15, -0.1) is 23.3 Å². The summed E-state index contributed by atoms with van der Waals surface area (Å²) in [5.41, 5.74) is 16.2. The molecule has 10 rings (SSSR count). The zero-order chi connectivity index (χ0) is 42.7. The molecule has 0 amide bonds. The van der Waals surface area contributed by atoms with Gasteiger partial charge in [0, 0.05) is 44.0 Å². The molecule has 0 fully saturated rings. The lowest BCUT2D eigenvalue weighted by Crippen LogP contribution is -2.14. The average molecular weight is 821 g/mol. The highest BCUT2D eigenvalue weighted by atomic mass is 32.1. The molecule has 0 saturated carbocycles. The summed E-state index contributed by atoms with van der Waals surface area (Å²) in [4.78, 5) is 20.0. The Bertz CT molecular complexity index is 3310. The molecule has 8 aromatic rings. The highest BCUT2D eigenvalue weighted by molar-refractivity contribution is 7.22. The van der Waals surface area contributed by atoms with Gasteiger partial charge < -0.3 is 4.42 Å². The van der Waals surface area contributed by atoms with Crippen molar-refractivity contribution >= 4 is 79.8 Å². The second-order valence-electron chi connectivity index (χ2n) is 17.0. The fourth-order valence-electron chi connectivity index (χ4n) is 9.05. The first kappa shape index (κ1) is 39.5. The van der Waals surface area contributed by atoms with E-state index in [-0.39, 0.29) is 5.41 Å². The van der Waals surface area contributed by atoms with Crippen molar-refractivity contribution in [2.75, 3.05) is 0 Å². The van der Waals surface area contributed by atoms with Gasteiger partial charge in [0.15, 0.2) is 24.2 Å². The smallest absolute Gasteiger partial charge is 0.189 e. The topological polar surface area (TPSA) is 64.7 Å². The van der Waals surface area contributed by atoms with Crippen molar-refractivity contribution in [1.82, 2.24) is 19.9 Å². The largest absolute Gasteiger partial charge is 0.455 e. The first-order chi connectivity index (χ1) is 30.1. The van der Waals surface area contributed by atoms with E-state index >= 15 is 0 Å². The molecule has 0 spiro atoms. The number of hydrogen-bond acceptors (Lipinski definition) is 6. The molecule has 300 valence electrons. The minimum Gasteiger partial charge on any atom is -0.455 e. The summed E-state index contributed by atoms with van der Waals surface area (Å²) in [7, 11) is 0.968. The summed E-state index contributed by atoms with van der Waals surface area (Å²) in [6.07, 6.45) is 10.6. The summed E-state index contributed by atoms with van der Waals surface area (Å²) in [6.45, 7) is 15.5. The molecule has 62 heavy (non-hydrogen) atoms. The van der Waals surface area contributed by atoms with E-state index in [1.54, 1.807) is 11.3 Å². The zero-order valence-corrected chi connectivity index (χ0v) is 37.1. The number of thiazole rings is 1. The van der Waals surface area contributed by atoms with E-state index in [0.717, 1.165) is 84.3 Å². The van der Waals surface area contributed by atoms with Gasteiger partial charge in [0.05, 0.1) is 10.2 Å². The third kappa shape index (κ3) is 6.74. The van der Waals surface area contributed by atoms with Gasteiger partial charge in [0.2, 0.25) is 0 Å². The van der Waals surface area contributed by atoms with Gasteiger partial charge in [-0.3, -0.25) is 0 Å². The Morgan fingerprint density at radius 3 is 2.31 bits per heavy atom. The van der Waals surface area contributed by atoms with Gasteiger partial charge in [0.25, 0.3) is 0 Å². The van der Waals surface area contributed by atoms with Crippen LogP contribution in [0.25, 0.3) is 87.3 Å². The number of nitrogens with zero attached hydrogens (tertiary/aromatic N) is 4. The van der Waals surface area contributed by atoms with Crippen LogP contribution in [-0.4, -0.2) is 33.9 Å². The third-order valence-electron chi connectivity index (χ3n) is 12.4. The lowest BCUT2D eigenvalue weighted by molar-refractivity contribution is 0.660. The summed E-state index contributed by atoms with van der Waals surface area (Å²) in [5, 5.41) is 3.23. The maximum Gasteiger partial charge on any atom is 0.189 e. The maximum atomic E-state index is 7.02. The average Bonchev–Trinajstić information content (AvgIpc) is 4.08. The van der Waals surface area contributed by atoms with Crippen LogP contribution in [0.15, 0.2) is 150 Å². The maximum absolute atomic E-state index is 7.02. The highest BCUT2D eigenvalue weighted by Gasteiger charge is 2.37. The second-order valence-corrected chi connectivity index (χ2v) is 18.0. The first-order valence-corrected chi connectivity index (χ1v) is 22.4. The molecule has 4 heterocycles. The van der Waals surface area contributed by atoms with Crippen LogP contribution in [-0.2, 0) is 5.41 Å². The lowest BCUT2D eigenvalue weighted by Gasteiger charge is -2.22. The van der Waals surface area contributed by atoms with Crippen LogP contribution >= 0.6 is 11.3 Å². The standard InChI is InChI=1S/C54H46B2N4OS/c1-8-34(29-33(3)51-58-50(32(2)15-14-27-55-6)59-52(60-51)37-26-28-56(7)31-37)38-18-12-20-40-41-21-13-19-39(48(41)61-47(38)40)36-22-23-42-44(30-36)54(4,5)43-24-25-45-49(46(42)43)62-53(57-45)35-16-10-9-11-17-35/h8-31,55H,1-7H3/b27-14-,32-15+,33-29+,34-8+. The van der Waals surface area contributed by atoms with Crippen molar-refractivity contribution < 1.29 is 4.42 Å². The monoisotopic (exact) mass is 820 g/mol. The summed E-state index contributed by atoms with van der Waals surface area (Å²) in [6, 6.07) is 34.9. The summed E-state index contributed by atoms with van der Waals surface area (Å²) >= 11 is 1.79. The fraction of sp³-hybridized carbons (Fsp3) is 0.148. The molecule has 1 aliphatic carbocycles. The Labute approximate surface area is 368 Å². The predicted octanol–water partition coefficient (Wildman–Crippen LogP) is 14.1. The van der Waals surface area contributed by atoms with Crippen LogP contribution in [0.2, 0.25) is 13.6 Å². The molecule has 0 radical (unpaired) electrons. The van der Waals surface area contributed by atoms with Crippen LogP contribution in [0.5, 0.6) is 0 Å². The Kier molecular flexibility index (Phi) is 9.99. The molecule has 0 N–H and O–H groups in total. The Hall–Kier alpha value is -6.63. The summed E-state index contributed by atoms with van der Waals surface area (Å²) in [5.74, 6) is 8.53. The van der Waals surface area contributed by atoms with E-state index in [9.17, 15) is 0 Å². The molecule has 0 saturated heterocycles. The van der Waals surface area contributed by atoms with Gasteiger partial charge >= 0.3 is 0 Å². The van der Waals surface area contributed by atoms with E-state index in [2.05, 4.69) is 194 Å². The van der Waals surface area contributed by atoms with Gasteiger partial charge in [-0.2, -0.15) is 0 Å². The van der Waals surface area contributed by atoms with Crippen molar-refractivity contribution in [3.63, 3.8) is 0 Å². The van der Waals surface area contributed by atoms with Crippen LogP contribution in [0.1, 0.15) is 68.8 Å². The van der Waals surface area contributed by atoms with E-state index < -0.39 is 0 Å². The molecule has 8 heteroatoms. The third-order valence-corrected chi connectivity index (χ3v) is 13.5. The molecule has 0 unspecified atom stereocenters. The molecule has 1 aliphatic heterocycles. The zero-order valence-electron chi connectivity index (χ0n) is 36.2. The van der Waals surface area contributed by atoms with Gasteiger partial charge in [0.1, 0.15) is 23.5 Å². The molecule has 5 nitrogen and oxygen atoms in total. The Balaban J connectivity index is 1.04. The number of furan rings is 1. The minimum atomic E-state index is -0.184. The van der Waals surface area contributed by atoms with Gasteiger partial charge in [-0.25, -0.2) is 19.9 Å². The van der Waals surface area contributed by atoms with E-state index in [1.165, 1.54) is 27.0 Å². The van der Waals surface area contributed by atoms with E-state index in [4.69, 9.17) is 24.4 Å². The van der Waals surface area contributed by atoms with E-state index in [0.29, 0.717) is 24.2 Å². The van der Waals surface area contributed by atoms with Crippen molar-refractivity contribution in [1.29, 1.82) is 0 Å². The Morgan fingerprint density at radius 2 is 1.55 bits per heavy atom. The number of fused-ring (bicyclic) bond motifs is 8. The Morgan fingerprint density at radius 1 is 0.774 bits per heavy atom. The van der Waals surface area contributed by atoms with Crippen LogP contribution in [0.4, 0.5) is 0 Å². The minimum absolute atomic E-state index is 0.184. The number of aromatic nitrogens is 4. The normalized spacial score (nSPS) is 15.0. The SMILES string of the molecule is CB/C=C\C=C(/C)c1nc(C2=CB(C)C=C2)nc(/C(C)=C/C(=C\C)c2cccc3c2oc2c(-c4ccc5c(c4)C(C)(C)c4ccc6nc(-c7ccccc7)sc6c4-5)cccc23)n1. The lowest BCUT2D eigenvalue weighted by atomic mass is 9.54. The van der Waals surface area contributed by atoms with Crippen molar-refractivity contribution in [3.05, 3.63) is 180 Å². The number of hydrogen-bond donors (Lipinski definition) is 0. The molecule has 2 aliphatic rings. The molecule has 5 aromatic carbocycles. The molecular weight excluding hydrogens is 774 g/mol. The number of para-hydroxylation sites is 2. The number of allylic oxidation sites excluding steroid dienone is 9. The number of rotatable bonds is 9. The fourth-order valence-corrected chi connectivity index (χ4v) is 10.2. The first-order valence-electron chi connectivity index (χ1n) is 21.6. The van der Waals surface area contributed by atoms with Crippen LogP contribution < -0.4 is 0 Å². The molecule has 0 bridgehead atoms. The predicted molar refractivity (Wildman–Crippen MR) is 267 cm³/mol. The molecule has 0 atom stereocenters. The highest BCUT2D eigenvalue weighted by Crippen LogP contribution is 2.54. The quantitative estimate of drug-likeness (QED) is 0.107. The van der Waals surface area contributed by atoms with Gasteiger partial charge in [-0.05, 0) is 78.0 Å². The van der Waals surface area contributed by atoms with E-state index in [1.807, 2.05) is 0 Å². The molecule has 3 aromatic heterocycles. The van der Waals surface area contributed by atoms with Crippen molar-refractivity contribution in [2.45, 2.75) is 53.7 Å². The van der Waals surface area contributed by atoms with Gasteiger partial charge in [-0.1, -0.05) is 143 Å². The second kappa shape index (κ2) is 15.7. The van der Waals surface area contributed by atoms with Crippen LogP contribution in [0, 0.1) is 0 Å². The van der Waals surface area contributed by atoms with Crippen molar-refractivity contribution in [3.8, 4) is 32.8 Å². The van der Waals surface area contributed by atoms with Crippen LogP contribution in [0.3, 0.4) is 0 Å². The summed E-state index contributed by atoms with van der Waals surface area (Å²) < 4.78 is 8.27. The van der Waals surface area contributed by atoms with Crippen molar-refractivity contribution in [2.24, 2.45) is 0 Å². The molecular formula is C54H46B2N4OS.